The van der Waals surface area contributed by atoms with E-state index in [9.17, 15) is 4.79 Å². The number of aromatic nitrogens is 3. The Kier molecular flexibility index (Phi) is 4.83. The molecule has 0 bridgehead atoms. The number of hydrogen-bond donors (Lipinski definition) is 0. The second-order valence-corrected chi connectivity index (χ2v) is 5.66. The number of carbonyl (C=O) groups excluding carboxylic acids is 1. The van der Waals surface area contributed by atoms with Gasteiger partial charge in [-0.2, -0.15) is 5.10 Å². The largest absolute Gasteiger partial charge is 0.491 e. The number of esters is 1. The summed E-state index contributed by atoms with van der Waals surface area (Å²) >= 11 is 0. The highest BCUT2D eigenvalue weighted by Crippen LogP contribution is 2.26. The molecular formula is C18H19N3O4. The van der Waals surface area contributed by atoms with E-state index in [4.69, 9.17) is 13.9 Å². The number of hydrogen-bond acceptors (Lipinski definition) is 6. The Morgan fingerprint density at radius 1 is 1.28 bits per heavy atom. The standard InChI is InChI=1S/C18H19N3O4/c1-12(11-24-15-7-5-4-6-8-15)21-17(13(2)14(3)20-21)25-18(22)16-19-9-10-23-16/h4-10,12H,11H2,1-3H3. The fourth-order valence-electron chi connectivity index (χ4n) is 2.29. The van der Waals surface area contributed by atoms with Crippen LogP contribution in [0.15, 0.2) is 47.2 Å². The van der Waals surface area contributed by atoms with Gasteiger partial charge >= 0.3 is 11.9 Å². The van der Waals surface area contributed by atoms with Gasteiger partial charge in [-0.1, -0.05) is 18.2 Å². The van der Waals surface area contributed by atoms with Crippen LogP contribution in [0.4, 0.5) is 0 Å². The number of nitrogens with zero attached hydrogens (tertiary/aromatic N) is 3. The van der Waals surface area contributed by atoms with Crippen LogP contribution in [-0.2, 0) is 0 Å². The predicted molar refractivity (Wildman–Crippen MR) is 89.8 cm³/mol. The van der Waals surface area contributed by atoms with Crippen molar-refractivity contribution in [1.29, 1.82) is 0 Å². The molecule has 130 valence electrons. The van der Waals surface area contributed by atoms with Crippen LogP contribution in [0.5, 0.6) is 11.6 Å². The highest BCUT2D eigenvalue weighted by Gasteiger charge is 2.23. The van der Waals surface area contributed by atoms with Gasteiger partial charge in [0.25, 0.3) is 0 Å². The lowest BCUT2D eigenvalue weighted by Crippen LogP contribution is -2.19. The van der Waals surface area contributed by atoms with Crippen molar-refractivity contribution in [3.05, 3.63) is 59.9 Å². The monoisotopic (exact) mass is 341 g/mol. The molecule has 1 atom stereocenters. The summed E-state index contributed by atoms with van der Waals surface area (Å²) in [5.41, 5.74) is 1.56. The molecule has 0 aliphatic heterocycles. The first-order chi connectivity index (χ1) is 12.1. The van der Waals surface area contributed by atoms with Crippen molar-refractivity contribution in [3.8, 4) is 11.6 Å². The molecule has 0 radical (unpaired) electrons. The molecule has 1 aromatic carbocycles. The average molecular weight is 341 g/mol. The molecule has 25 heavy (non-hydrogen) atoms. The molecule has 0 spiro atoms. The van der Waals surface area contributed by atoms with E-state index in [1.165, 1.54) is 12.5 Å². The average Bonchev–Trinajstić information content (AvgIpc) is 3.25. The normalized spacial score (nSPS) is 12.0. The number of benzene rings is 1. The van der Waals surface area contributed by atoms with Crippen molar-refractivity contribution in [2.45, 2.75) is 26.8 Å². The summed E-state index contributed by atoms with van der Waals surface area (Å²) in [6, 6.07) is 9.37. The Balaban J connectivity index is 1.76. The number of carbonyl (C=O) groups is 1. The third-order valence-electron chi connectivity index (χ3n) is 3.78. The molecule has 0 saturated heterocycles. The molecule has 0 amide bonds. The molecule has 0 saturated carbocycles. The summed E-state index contributed by atoms with van der Waals surface area (Å²) in [5.74, 6) is 0.376. The maximum atomic E-state index is 12.1. The van der Waals surface area contributed by atoms with Gasteiger partial charge in [-0.25, -0.2) is 14.5 Å². The highest BCUT2D eigenvalue weighted by atomic mass is 16.6. The highest BCUT2D eigenvalue weighted by molar-refractivity contribution is 5.86. The molecule has 3 rings (SSSR count). The van der Waals surface area contributed by atoms with E-state index in [1.54, 1.807) is 4.68 Å². The Labute approximate surface area is 145 Å². The molecule has 2 heterocycles. The van der Waals surface area contributed by atoms with Crippen LogP contribution in [0.3, 0.4) is 0 Å². The van der Waals surface area contributed by atoms with Gasteiger partial charge in [0.05, 0.1) is 17.9 Å². The first-order valence-electron chi connectivity index (χ1n) is 7.91. The number of para-hydroxylation sites is 1. The second kappa shape index (κ2) is 7.21. The topological polar surface area (TPSA) is 79.4 Å². The first-order valence-corrected chi connectivity index (χ1v) is 7.91. The van der Waals surface area contributed by atoms with E-state index in [0.29, 0.717) is 12.5 Å². The van der Waals surface area contributed by atoms with Gasteiger partial charge in [-0.05, 0) is 32.9 Å². The van der Waals surface area contributed by atoms with Crippen molar-refractivity contribution in [2.75, 3.05) is 6.61 Å². The zero-order chi connectivity index (χ0) is 17.8. The molecular weight excluding hydrogens is 322 g/mol. The fraction of sp³-hybridized carbons (Fsp3) is 0.278. The van der Waals surface area contributed by atoms with Gasteiger partial charge < -0.3 is 13.9 Å². The van der Waals surface area contributed by atoms with Gasteiger partial charge in [-0.15, -0.1) is 0 Å². The minimum Gasteiger partial charge on any atom is -0.491 e. The van der Waals surface area contributed by atoms with Crippen LogP contribution in [0.1, 0.15) is 34.9 Å². The zero-order valence-corrected chi connectivity index (χ0v) is 14.3. The van der Waals surface area contributed by atoms with E-state index >= 15 is 0 Å². The molecule has 0 aliphatic rings. The van der Waals surface area contributed by atoms with Crippen LogP contribution in [0.25, 0.3) is 0 Å². The Morgan fingerprint density at radius 3 is 2.72 bits per heavy atom. The van der Waals surface area contributed by atoms with Crippen molar-refractivity contribution >= 4 is 5.97 Å². The Morgan fingerprint density at radius 2 is 2.04 bits per heavy atom. The summed E-state index contributed by atoms with van der Waals surface area (Å²) in [4.78, 5) is 15.9. The third-order valence-corrected chi connectivity index (χ3v) is 3.78. The first kappa shape index (κ1) is 16.8. The van der Waals surface area contributed by atoms with E-state index in [2.05, 4.69) is 10.1 Å². The minimum atomic E-state index is -0.662. The molecule has 0 N–H and O–H groups in total. The van der Waals surface area contributed by atoms with E-state index < -0.39 is 5.97 Å². The maximum absolute atomic E-state index is 12.1. The Bertz CT molecular complexity index is 841. The van der Waals surface area contributed by atoms with Gasteiger partial charge in [0.1, 0.15) is 18.6 Å². The number of rotatable bonds is 6. The SMILES string of the molecule is Cc1nn(C(C)COc2ccccc2)c(OC(=O)c2ncco2)c1C. The molecule has 2 aromatic heterocycles. The van der Waals surface area contributed by atoms with Crippen LogP contribution in [0, 0.1) is 13.8 Å². The molecule has 7 nitrogen and oxygen atoms in total. The van der Waals surface area contributed by atoms with E-state index in [0.717, 1.165) is 17.0 Å². The second-order valence-electron chi connectivity index (χ2n) is 5.66. The summed E-state index contributed by atoms with van der Waals surface area (Å²) in [7, 11) is 0. The lowest BCUT2D eigenvalue weighted by atomic mass is 10.3. The summed E-state index contributed by atoms with van der Waals surface area (Å²) < 4.78 is 17.9. The van der Waals surface area contributed by atoms with Crippen LogP contribution >= 0.6 is 0 Å². The van der Waals surface area contributed by atoms with Crippen LogP contribution in [-0.4, -0.2) is 27.3 Å². The zero-order valence-electron chi connectivity index (χ0n) is 14.3. The van der Waals surface area contributed by atoms with Gasteiger partial charge in [0.15, 0.2) is 0 Å². The number of oxazole rings is 1. The molecule has 0 aliphatic carbocycles. The van der Waals surface area contributed by atoms with Crippen LogP contribution < -0.4 is 9.47 Å². The van der Waals surface area contributed by atoms with Crippen molar-refractivity contribution in [2.24, 2.45) is 0 Å². The quantitative estimate of drug-likeness (QED) is 0.640. The van der Waals surface area contributed by atoms with Gasteiger partial charge in [0.2, 0.25) is 5.88 Å². The summed E-state index contributed by atoms with van der Waals surface area (Å²) in [6.07, 6.45) is 2.71. The maximum Gasteiger partial charge on any atom is 0.401 e. The van der Waals surface area contributed by atoms with Gasteiger partial charge in [0, 0.05) is 5.56 Å². The molecule has 0 fully saturated rings. The number of ether oxygens (including phenoxy) is 2. The lowest BCUT2D eigenvalue weighted by molar-refractivity contribution is 0.0668. The molecule has 1 unspecified atom stereocenters. The molecule has 7 heteroatoms. The summed E-state index contributed by atoms with van der Waals surface area (Å²) in [5, 5.41) is 4.47. The lowest BCUT2D eigenvalue weighted by Gasteiger charge is -2.16. The summed E-state index contributed by atoms with van der Waals surface area (Å²) in [6.45, 7) is 6.03. The van der Waals surface area contributed by atoms with Gasteiger partial charge in [-0.3, -0.25) is 0 Å². The fourth-order valence-corrected chi connectivity index (χ4v) is 2.29. The Hall–Kier alpha value is -3.09. The van der Waals surface area contributed by atoms with E-state index in [-0.39, 0.29) is 11.9 Å². The van der Waals surface area contributed by atoms with Crippen molar-refractivity contribution in [3.63, 3.8) is 0 Å². The van der Waals surface area contributed by atoms with E-state index in [1.807, 2.05) is 51.1 Å². The minimum absolute atomic E-state index is 0.0991. The van der Waals surface area contributed by atoms with Crippen molar-refractivity contribution in [1.82, 2.24) is 14.8 Å². The van der Waals surface area contributed by atoms with Crippen molar-refractivity contribution < 1.29 is 18.7 Å². The molecule has 3 aromatic rings. The van der Waals surface area contributed by atoms with Crippen LogP contribution in [0.2, 0.25) is 0 Å². The predicted octanol–water partition coefficient (Wildman–Crippen LogP) is 3.35. The smallest absolute Gasteiger partial charge is 0.401 e. The third kappa shape index (κ3) is 3.71. The number of aryl methyl sites for hydroxylation is 1.